The van der Waals surface area contributed by atoms with Crippen molar-refractivity contribution < 1.29 is 9.53 Å². The van der Waals surface area contributed by atoms with Gasteiger partial charge in [0, 0.05) is 20.0 Å². The van der Waals surface area contributed by atoms with E-state index in [0.29, 0.717) is 12.4 Å². The van der Waals surface area contributed by atoms with Gasteiger partial charge in [0.05, 0.1) is 7.11 Å². The van der Waals surface area contributed by atoms with Crippen molar-refractivity contribution in [3.8, 4) is 0 Å². The summed E-state index contributed by atoms with van der Waals surface area (Å²) in [5.41, 5.74) is 0. The number of carbonyl (C=O) groups is 1. The Labute approximate surface area is 84.7 Å². The monoisotopic (exact) mass is 201 g/mol. The Morgan fingerprint density at radius 1 is 1.36 bits per heavy atom. The molecule has 5 heteroatoms. The molecule has 0 amide bonds. The first-order chi connectivity index (χ1) is 6.70. The number of nitrogens with one attached hydrogen (secondary N) is 3. The first-order valence-electron chi connectivity index (χ1n) is 4.77. The number of hydrogen-bond donors (Lipinski definition) is 3. The van der Waals surface area contributed by atoms with E-state index in [1.807, 2.05) is 0 Å². The van der Waals surface area contributed by atoms with Crippen LogP contribution in [0.2, 0.25) is 0 Å². The fourth-order valence-corrected chi connectivity index (χ4v) is 0.975. The third-order valence-electron chi connectivity index (χ3n) is 1.84. The summed E-state index contributed by atoms with van der Waals surface area (Å²) in [5.74, 6) is 0.180. The van der Waals surface area contributed by atoms with Crippen LogP contribution in [0.5, 0.6) is 0 Å². The lowest BCUT2D eigenvalue weighted by Gasteiger charge is -2.05. The second kappa shape index (κ2) is 8.34. The maximum Gasteiger partial charge on any atom is 0.305 e. The topological polar surface area (TPSA) is 74.2 Å². The van der Waals surface area contributed by atoms with Crippen LogP contribution in [0.4, 0.5) is 0 Å². The van der Waals surface area contributed by atoms with Gasteiger partial charge in [-0.15, -0.1) is 0 Å². The molecule has 0 unspecified atom stereocenters. The van der Waals surface area contributed by atoms with Crippen LogP contribution in [0.25, 0.3) is 0 Å². The standard InChI is InChI=1S/C9H19N3O2/c1-11-9(10)12-7-5-3-4-6-8(13)14-2/h3-7H2,1-2H3,(H3,10,11,12). The molecule has 0 fully saturated rings. The summed E-state index contributed by atoms with van der Waals surface area (Å²) in [5, 5.41) is 12.8. The highest BCUT2D eigenvalue weighted by Crippen LogP contribution is 1.99. The molecule has 0 aromatic carbocycles. The van der Waals surface area contributed by atoms with Crippen LogP contribution in [0, 0.1) is 5.41 Å². The Balaban J connectivity index is 3.14. The van der Waals surface area contributed by atoms with Gasteiger partial charge < -0.3 is 15.4 Å². The van der Waals surface area contributed by atoms with Crippen molar-refractivity contribution in [2.75, 3.05) is 20.7 Å². The maximum atomic E-state index is 10.7. The minimum atomic E-state index is -0.152. The molecule has 0 bridgehead atoms. The first kappa shape index (κ1) is 12.7. The Morgan fingerprint density at radius 2 is 2.07 bits per heavy atom. The minimum absolute atomic E-state index is 0.152. The quantitative estimate of drug-likeness (QED) is 0.253. The molecule has 5 nitrogen and oxygen atoms in total. The summed E-state index contributed by atoms with van der Waals surface area (Å²) in [4.78, 5) is 10.7. The van der Waals surface area contributed by atoms with E-state index < -0.39 is 0 Å². The highest BCUT2D eigenvalue weighted by atomic mass is 16.5. The van der Waals surface area contributed by atoms with Crippen molar-refractivity contribution in [1.29, 1.82) is 5.41 Å². The van der Waals surface area contributed by atoms with Gasteiger partial charge in [-0.1, -0.05) is 6.42 Å². The number of hydrogen-bond acceptors (Lipinski definition) is 3. The predicted octanol–water partition coefficient (Wildman–Crippen LogP) is 0.464. The SMILES string of the molecule is CNC(=N)NCCCCCC(=O)OC. The predicted molar refractivity (Wildman–Crippen MR) is 55.3 cm³/mol. The molecule has 0 aliphatic heterocycles. The number of methoxy groups -OCH3 is 1. The third kappa shape index (κ3) is 7.39. The molecule has 0 rings (SSSR count). The number of rotatable bonds is 6. The van der Waals surface area contributed by atoms with E-state index in [1.165, 1.54) is 7.11 Å². The van der Waals surface area contributed by atoms with Crippen molar-refractivity contribution in [3.05, 3.63) is 0 Å². The number of guanidine groups is 1. The molecular weight excluding hydrogens is 182 g/mol. The molecule has 0 saturated heterocycles. The average molecular weight is 201 g/mol. The van der Waals surface area contributed by atoms with E-state index in [9.17, 15) is 4.79 Å². The lowest BCUT2D eigenvalue weighted by atomic mass is 10.2. The molecule has 0 radical (unpaired) electrons. The average Bonchev–Trinajstić information content (AvgIpc) is 2.22. The van der Waals surface area contributed by atoms with Crippen molar-refractivity contribution in [2.24, 2.45) is 0 Å². The number of esters is 1. The summed E-state index contributed by atoms with van der Waals surface area (Å²) >= 11 is 0. The molecular formula is C9H19N3O2. The van der Waals surface area contributed by atoms with Gasteiger partial charge in [0.2, 0.25) is 0 Å². The lowest BCUT2D eigenvalue weighted by Crippen LogP contribution is -2.34. The summed E-state index contributed by atoms with van der Waals surface area (Å²) < 4.78 is 4.51. The molecule has 82 valence electrons. The second-order valence-corrected chi connectivity index (χ2v) is 2.94. The minimum Gasteiger partial charge on any atom is -0.469 e. The van der Waals surface area contributed by atoms with Crippen LogP contribution >= 0.6 is 0 Å². The smallest absolute Gasteiger partial charge is 0.305 e. The molecule has 0 spiro atoms. The third-order valence-corrected chi connectivity index (χ3v) is 1.84. The highest BCUT2D eigenvalue weighted by Gasteiger charge is 1.98. The van der Waals surface area contributed by atoms with E-state index in [1.54, 1.807) is 7.05 Å². The largest absolute Gasteiger partial charge is 0.469 e. The zero-order valence-corrected chi connectivity index (χ0v) is 8.85. The lowest BCUT2D eigenvalue weighted by molar-refractivity contribution is -0.140. The van der Waals surface area contributed by atoms with Gasteiger partial charge in [0.25, 0.3) is 0 Å². The molecule has 3 N–H and O–H groups in total. The maximum absolute atomic E-state index is 10.7. The summed E-state index contributed by atoms with van der Waals surface area (Å²) in [6.07, 6.45) is 3.27. The van der Waals surface area contributed by atoms with Gasteiger partial charge in [0.1, 0.15) is 0 Å². The van der Waals surface area contributed by atoms with Gasteiger partial charge in [-0.2, -0.15) is 0 Å². The van der Waals surface area contributed by atoms with Crippen LogP contribution in [-0.4, -0.2) is 32.6 Å². The van der Waals surface area contributed by atoms with Crippen molar-refractivity contribution in [2.45, 2.75) is 25.7 Å². The Hall–Kier alpha value is -1.26. The fourth-order valence-electron chi connectivity index (χ4n) is 0.975. The number of unbranched alkanes of at least 4 members (excludes halogenated alkanes) is 2. The Morgan fingerprint density at radius 3 is 2.64 bits per heavy atom. The van der Waals surface area contributed by atoms with Gasteiger partial charge in [-0.05, 0) is 12.8 Å². The molecule has 0 aliphatic carbocycles. The number of ether oxygens (including phenoxy) is 1. The van der Waals surface area contributed by atoms with Crippen LogP contribution in [0.15, 0.2) is 0 Å². The molecule has 14 heavy (non-hydrogen) atoms. The van der Waals surface area contributed by atoms with Crippen molar-refractivity contribution >= 4 is 11.9 Å². The highest BCUT2D eigenvalue weighted by molar-refractivity contribution is 5.75. The molecule has 0 saturated carbocycles. The molecule has 0 aliphatic rings. The van der Waals surface area contributed by atoms with Gasteiger partial charge in [-0.3, -0.25) is 10.2 Å². The molecule has 0 heterocycles. The van der Waals surface area contributed by atoms with E-state index in [0.717, 1.165) is 25.8 Å². The Kier molecular flexibility index (Phi) is 7.59. The summed E-state index contributed by atoms with van der Waals surface area (Å²) in [6, 6.07) is 0. The fraction of sp³-hybridized carbons (Fsp3) is 0.778. The van der Waals surface area contributed by atoms with Crippen LogP contribution in [0.3, 0.4) is 0 Å². The van der Waals surface area contributed by atoms with Crippen LogP contribution in [0.1, 0.15) is 25.7 Å². The normalized spacial score (nSPS) is 9.29. The summed E-state index contributed by atoms with van der Waals surface area (Å²) in [7, 11) is 3.10. The van der Waals surface area contributed by atoms with Crippen molar-refractivity contribution in [1.82, 2.24) is 10.6 Å². The molecule has 0 aromatic heterocycles. The van der Waals surface area contributed by atoms with E-state index in [4.69, 9.17) is 5.41 Å². The Bertz CT molecular complexity index is 163. The van der Waals surface area contributed by atoms with Crippen molar-refractivity contribution in [3.63, 3.8) is 0 Å². The van der Waals surface area contributed by atoms with Gasteiger partial charge in [0.15, 0.2) is 5.96 Å². The number of carbonyl (C=O) groups excluding carboxylic acids is 1. The van der Waals surface area contributed by atoms with Gasteiger partial charge in [-0.25, -0.2) is 0 Å². The second-order valence-electron chi connectivity index (χ2n) is 2.94. The zero-order valence-electron chi connectivity index (χ0n) is 8.85. The first-order valence-corrected chi connectivity index (χ1v) is 4.77. The van der Waals surface area contributed by atoms with Crippen LogP contribution in [-0.2, 0) is 9.53 Å². The summed E-state index contributed by atoms with van der Waals surface area (Å²) in [6.45, 7) is 0.765. The van der Waals surface area contributed by atoms with E-state index >= 15 is 0 Å². The zero-order chi connectivity index (χ0) is 10.8. The van der Waals surface area contributed by atoms with E-state index in [2.05, 4.69) is 15.4 Å². The van der Waals surface area contributed by atoms with Crippen LogP contribution < -0.4 is 10.6 Å². The molecule has 0 atom stereocenters. The van der Waals surface area contributed by atoms with E-state index in [-0.39, 0.29) is 5.97 Å². The van der Waals surface area contributed by atoms with Gasteiger partial charge >= 0.3 is 5.97 Å². The molecule has 0 aromatic rings.